The molecule has 0 spiro atoms. The number of carboxylic acid groups (broad SMARTS) is 1. The third-order valence-corrected chi connectivity index (χ3v) is 5.15. The van der Waals surface area contributed by atoms with Gasteiger partial charge in [-0.3, -0.25) is 9.78 Å². The highest BCUT2D eigenvalue weighted by molar-refractivity contribution is 7.89. The lowest BCUT2D eigenvalue weighted by Crippen LogP contribution is -2.40. The molecule has 0 unspecified atom stereocenters. The Labute approximate surface area is 116 Å². The molecule has 1 fully saturated rings. The van der Waals surface area contributed by atoms with Gasteiger partial charge >= 0.3 is 5.97 Å². The molecule has 1 atom stereocenters. The zero-order valence-corrected chi connectivity index (χ0v) is 11.6. The first kappa shape index (κ1) is 14.4. The van der Waals surface area contributed by atoms with Crippen molar-refractivity contribution in [2.75, 3.05) is 6.54 Å². The Morgan fingerprint density at radius 3 is 2.90 bits per heavy atom. The Morgan fingerprint density at radius 2 is 2.30 bits per heavy atom. The van der Waals surface area contributed by atoms with E-state index >= 15 is 0 Å². The standard InChI is InChI=1S/C12H13N3O4S/c1-8-9(6-13)5-10(7-14-8)20(18,19)15-4-2-3-11(15)12(16)17/h5,7,11H,2-4H2,1H3,(H,16,17)/t11-/m0/s1. The molecule has 0 radical (unpaired) electrons. The predicted octanol–water partition coefficient (Wildman–Crippen LogP) is 0.499. The minimum atomic E-state index is -3.94. The van der Waals surface area contributed by atoms with Crippen LogP contribution in [-0.2, 0) is 14.8 Å². The average Bonchev–Trinajstić information content (AvgIpc) is 2.89. The summed E-state index contributed by atoms with van der Waals surface area (Å²) in [6, 6.07) is 2.05. The largest absolute Gasteiger partial charge is 0.480 e. The molecule has 1 aromatic heterocycles. The van der Waals surface area contributed by atoms with Crippen molar-refractivity contribution in [1.29, 1.82) is 5.26 Å². The van der Waals surface area contributed by atoms with Gasteiger partial charge in [-0.05, 0) is 25.8 Å². The van der Waals surface area contributed by atoms with Crippen molar-refractivity contribution in [3.63, 3.8) is 0 Å². The number of pyridine rings is 1. The molecule has 106 valence electrons. The van der Waals surface area contributed by atoms with E-state index in [-0.39, 0.29) is 17.0 Å². The molecular weight excluding hydrogens is 282 g/mol. The van der Waals surface area contributed by atoms with Gasteiger partial charge in [0.1, 0.15) is 17.0 Å². The van der Waals surface area contributed by atoms with E-state index in [9.17, 15) is 13.2 Å². The Balaban J connectivity index is 2.46. The summed E-state index contributed by atoms with van der Waals surface area (Å²) < 4.78 is 25.8. The number of hydrogen-bond donors (Lipinski definition) is 1. The fourth-order valence-corrected chi connectivity index (χ4v) is 3.80. The van der Waals surface area contributed by atoms with Gasteiger partial charge in [-0.25, -0.2) is 8.42 Å². The van der Waals surface area contributed by atoms with Gasteiger partial charge < -0.3 is 5.11 Å². The summed E-state index contributed by atoms with van der Waals surface area (Å²) in [5.74, 6) is -1.16. The lowest BCUT2D eigenvalue weighted by atomic mass is 10.2. The number of aromatic nitrogens is 1. The van der Waals surface area contributed by atoms with Crippen molar-refractivity contribution in [1.82, 2.24) is 9.29 Å². The predicted molar refractivity (Wildman–Crippen MR) is 68.2 cm³/mol. The summed E-state index contributed by atoms with van der Waals surface area (Å²) in [5, 5.41) is 18.0. The van der Waals surface area contributed by atoms with Crippen molar-refractivity contribution < 1.29 is 18.3 Å². The second kappa shape index (κ2) is 5.19. The molecule has 1 aromatic rings. The summed E-state index contributed by atoms with van der Waals surface area (Å²) in [6.07, 6.45) is 1.95. The number of hydrogen-bond acceptors (Lipinski definition) is 5. The van der Waals surface area contributed by atoms with Gasteiger partial charge in [0, 0.05) is 12.7 Å². The molecule has 1 aliphatic rings. The van der Waals surface area contributed by atoms with E-state index in [1.54, 1.807) is 6.92 Å². The quantitative estimate of drug-likeness (QED) is 0.869. The van der Waals surface area contributed by atoms with Gasteiger partial charge in [0.15, 0.2) is 0 Å². The maximum atomic E-state index is 12.4. The Kier molecular flexibility index (Phi) is 3.74. The number of aryl methyl sites for hydroxylation is 1. The van der Waals surface area contributed by atoms with E-state index < -0.39 is 22.0 Å². The number of nitrogens with zero attached hydrogens (tertiary/aromatic N) is 3. The summed E-state index contributed by atoms with van der Waals surface area (Å²) in [6.45, 7) is 1.76. The Morgan fingerprint density at radius 1 is 1.60 bits per heavy atom. The van der Waals surface area contributed by atoms with Gasteiger partial charge in [0.2, 0.25) is 10.0 Å². The molecule has 2 rings (SSSR count). The van der Waals surface area contributed by atoms with E-state index in [1.807, 2.05) is 6.07 Å². The molecule has 2 heterocycles. The van der Waals surface area contributed by atoms with Crippen LogP contribution in [0.4, 0.5) is 0 Å². The van der Waals surface area contributed by atoms with Crippen molar-refractivity contribution in [3.8, 4) is 6.07 Å². The first-order valence-corrected chi connectivity index (χ1v) is 7.43. The van der Waals surface area contributed by atoms with Crippen LogP contribution in [0.5, 0.6) is 0 Å². The van der Waals surface area contributed by atoms with Crippen LogP contribution in [-0.4, -0.2) is 41.4 Å². The minimum absolute atomic E-state index is 0.146. The maximum absolute atomic E-state index is 12.4. The van der Waals surface area contributed by atoms with Crippen LogP contribution in [0.1, 0.15) is 24.1 Å². The molecule has 1 N–H and O–H groups in total. The van der Waals surface area contributed by atoms with E-state index in [1.165, 1.54) is 6.07 Å². The third-order valence-electron chi connectivity index (χ3n) is 3.28. The number of nitriles is 1. The Hall–Kier alpha value is -1.98. The maximum Gasteiger partial charge on any atom is 0.322 e. The van der Waals surface area contributed by atoms with Crippen LogP contribution in [0.3, 0.4) is 0 Å². The molecule has 8 heteroatoms. The highest BCUT2D eigenvalue weighted by atomic mass is 32.2. The molecule has 0 aliphatic carbocycles. The Bertz CT molecular complexity index is 693. The van der Waals surface area contributed by atoms with Crippen LogP contribution in [0.25, 0.3) is 0 Å². The van der Waals surface area contributed by atoms with Crippen LogP contribution in [0, 0.1) is 18.3 Å². The molecule has 1 saturated heterocycles. The van der Waals surface area contributed by atoms with Crippen LogP contribution >= 0.6 is 0 Å². The van der Waals surface area contributed by atoms with Crippen molar-refractivity contribution in [2.45, 2.75) is 30.7 Å². The lowest BCUT2D eigenvalue weighted by molar-refractivity contribution is -0.140. The van der Waals surface area contributed by atoms with Gasteiger partial charge in [-0.1, -0.05) is 0 Å². The fraction of sp³-hybridized carbons (Fsp3) is 0.417. The summed E-state index contributed by atoms with van der Waals surface area (Å²) >= 11 is 0. The zero-order valence-electron chi connectivity index (χ0n) is 10.8. The van der Waals surface area contributed by atoms with Crippen LogP contribution in [0.15, 0.2) is 17.2 Å². The van der Waals surface area contributed by atoms with E-state index in [0.717, 1.165) is 10.5 Å². The van der Waals surface area contributed by atoms with E-state index in [0.29, 0.717) is 18.5 Å². The minimum Gasteiger partial charge on any atom is -0.480 e. The number of carboxylic acids is 1. The first-order valence-electron chi connectivity index (χ1n) is 5.99. The second-order valence-electron chi connectivity index (χ2n) is 4.53. The number of rotatable bonds is 3. The topological polar surface area (TPSA) is 111 Å². The molecule has 0 amide bonds. The van der Waals surface area contributed by atoms with Gasteiger partial charge in [-0.2, -0.15) is 9.57 Å². The molecule has 0 saturated carbocycles. The SMILES string of the molecule is Cc1ncc(S(=O)(=O)N2CCC[C@H]2C(=O)O)cc1C#N. The van der Waals surface area contributed by atoms with Crippen molar-refractivity contribution in [2.24, 2.45) is 0 Å². The number of sulfonamides is 1. The van der Waals surface area contributed by atoms with E-state index in [4.69, 9.17) is 10.4 Å². The van der Waals surface area contributed by atoms with Crippen molar-refractivity contribution >= 4 is 16.0 Å². The smallest absolute Gasteiger partial charge is 0.322 e. The van der Waals surface area contributed by atoms with Crippen LogP contribution < -0.4 is 0 Å². The molecule has 20 heavy (non-hydrogen) atoms. The van der Waals surface area contributed by atoms with Gasteiger partial charge in [0.05, 0.1) is 11.3 Å². The molecule has 0 aromatic carbocycles. The molecular formula is C12H13N3O4S. The monoisotopic (exact) mass is 295 g/mol. The third kappa shape index (κ3) is 2.37. The van der Waals surface area contributed by atoms with Gasteiger partial charge in [0.25, 0.3) is 0 Å². The summed E-state index contributed by atoms with van der Waals surface area (Å²) in [5.41, 5.74) is 0.597. The van der Waals surface area contributed by atoms with E-state index in [2.05, 4.69) is 4.98 Å². The first-order chi connectivity index (χ1) is 9.37. The number of aliphatic carboxylic acids is 1. The lowest BCUT2D eigenvalue weighted by Gasteiger charge is -2.20. The number of carbonyl (C=O) groups is 1. The normalized spacial score (nSPS) is 19.7. The fourth-order valence-electron chi connectivity index (χ4n) is 2.18. The van der Waals surface area contributed by atoms with Crippen LogP contribution in [0.2, 0.25) is 0 Å². The average molecular weight is 295 g/mol. The molecule has 7 nitrogen and oxygen atoms in total. The highest BCUT2D eigenvalue weighted by Gasteiger charge is 2.39. The second-order valence-corrected chi connectivity index (χ2v) is 6.42. The summed E-state index contributed by atoms with van der Waals surface area (Å²) in [7, 11) is -3.94. The molecule has 1 aliphatic heterocycles. The zero-order chi connectivity index (χ0) is 14.9. The molecule has 0 bridgehead atoms. The van der Waals surface area contributed by atoms with Crippen molar-refractivity contribution in [3.05, 3.63) is 23.5 Å². The summed E-state index contributed by atoms with van der Waals surface area (Å²) in [4.78, 5) is 14.8. The van der Waals surface area contributed by atoms with Gasteiger partial charge in [-0.15, -0.1) is 0 Å². The highest BCUT2D eigenvalue weighted by Crippen LogP contribution is 2.26.